The Kier molecular flexibility index (Phi) is 6.37. The summed E-state index contributed by atoms with van der Waals surface area (Å²) in [4.78, 5) is 39.8. The number of benzene rings is 3. The van der Waals surface area contributed by atoms with E-state index in [0.29, 0.717) is 33.4 Å². The molecule has 3 aromatic carbocycles. The molecule has 0 atom stereocenters. The van der Waals surface area contributed by atoms with Crippen LogP contribution in [0.3, 0.4) is 0 Å². The Morgan fingerprint density at radius 1 is 0.909 bits per heavy atom. The second kappa shape index (κ2) is 9.71. The highest BCUT2D eigenvalue weighted by Crippen LogP contribution is 2.25. The predicted octanol–water partition coefficient (Wildman–Crippen LogP) is 5.35. The minimum absolute atomic E-state index is 0.0481. The molecule has 0 saturated carbocycles. The molecule has 0 aliphatic rings. The van der Waals surface area contributed by atoms with E-state index in [1.807, 2.05) is 0 Å². The topological polar surface area (TPSA) is 123 Å². The average molecular weight is 460 g/mol. The molecule has 0 aliphatic heterocycles. The number of nitro groups is 1. The number of hydrogen-bond acceptors (Lipinski definition) is 7. The van der Waals surface area contributed by atoms with E-state index < -0.39 is 16.7 Å². The molecule has 0 bridgehead atoms. The first kappa shape index (κ1) is 21.7. The van der Waals surface area contributed by atoms with Gasteiger partial charge in [0.05, 0.1) is 16.2 Å². The Bertz CT molecular complexity index is 1310. The molecule has 2 N–H and O–H groups in total. The summed E-state index contributed by atoms with van der Waals surface area (Å²) < 4.78 is 5.70. The molecule has 0 fully saturated rings. The fourth-order valence-electron chi connectivity index (χ4n) is 2.91. The number of para-hydroxylation sites is 1. The van der Waals surface area contributed by atoms with Gasteiger partial charge in [0.15, 0.2) is 5.13 Å². The minimum Gasteiger partial charge on any atom is -0.457 e. The third-order valence-corrected chi connectivity index (χ3v) is 5.14. The van der Waals surface area contributed by atoms with Gasteiger partial charge in [-0.25, -0.2) is 4.98 Å². The van der Waals surface area contributed by atoms with Gasteiger partial charge in [-0.15, -0.1) is 11.3 Å². The van der Waals surface area contributed by atoms with Crippen molar-refractivity contribution in [3.8, 4) is 11.5 Å². The van der Waals surface area contributed by atoms with Gasteiger partial charge in [-0.2, -0.15) is 0 Å². The molecule has 33 heavy (non-hydrogen) atoms. The molecule has 4 aromatic rings. The van der Waals surface area contributed by atoms with E-state index in [1.54, 1.807) is 54.0 Å². The van der Waals surface area contributed by atoms with Crippen LogP contribution in [0.25, 0.3) is 0 Å². The third kappa shape index (κ3) is 5.38. The van der Waals surface area contributed by atoms with Gasteiger partial charge in [-0.3, -0.25) is 25.0 Å². The number of carbonyl (C=O) groups excluding carboxylic acids is 2. The van der Waals surface area contributed by atoms with E-state index in [-0.39, 0.29) is 5.69 Å². The van der Waals surface area contributed by atoms with Crippen LogP contribution >= 0.6 is 11.3 Å². The Morgan fingerprint density at radius 2 is 1.70 bits per heavy atom. The number of nitro benzene ring substituents is 1. The van der Waals surface area contributed by atoms with Crippen molar-refractivity contribution in [2.45, 2.75) is 0 Å². The standard InChI is InChI=1S/C23H16N4O5S/c28-21(25-20-7-2-1-6-19(20)22(29)26-23-24-12-13-33-23)15-4-3-5-18(14-15)32-17-10-8-16(9-11-17)27(30)31/h1-14H,(H,25,28)(H,24,26,29). The summed E-state index contributed by atoms with van der Waals surface area (Å²) in [6.07, 6.45) is 1.58. The number of ether oxygens (including phenoxy) is 1. The molecule has 10 heteroatoms. The molecule has 164 valence electrons. The first-order valence-electron chi connectivity index (χ1n) is 9.63. The fourth-order valence-corrected chi connectivity index (χ4v) is 3.43. The number of thiazole rings is 1. The smallest absolute Gasteiger partial charge is 0.269 e. The van der Waals surface area contributed by atoms with Crippen molar-refractivity contribution in [2.75, 3.05) is 10.6 Å². The van der Waals surface area contributed by atoms with Crippen molar-refractivity contribution in [2.24, 2.45) is 0 Å². The summed E-state index contributed by atoms with van der Waals surface area (Å²) in [5.74, 6) is -0.0524. The van der Waals surface area contributed by atoms with Crippen LogP contribution in [-0.2, 0) is 0 Å². The first-order chi connectivity index (χ1) is 16.0. The molecule has 0 radical (unpaired) electrons. The van der Waals surface area contributed by atoms with E-state index in [2.05, 4.69) is 15.6 Å². The summed E-state index contributed by atoms with van der Waals surface area (Å²) in [6, 6.07) is 18.7. The van der Waals surface area contributed by atoms with Crippen molar-refractivity contribution >= 4 is 39.7 Å². The van der Waals surface area contributed by atoms with E-state index >= 15 is 0 Å². The maximum Gasteiger partial charge on any atom is 0.269 e. The summed E-state index contributed by atoms with van der Waals surface area (Å²) in [5, 5.41) is 18.4. The maximum atomic E-state index is 12.8. The first-order valence-corrected chi connectivity index (χ1v) is 10.5. The van der Waals surface area contributed by atoms with Crippen LogP contribution in [0.4, 0.5) is 16.5 Å². The van der Waals surface area contributed by atoms with Gasteiger partial charge in [0, 0.05) is 29.3 Å². The Labute approximate surface area is 191 Å². The normalized spacial score (nSPS) is 10.3. The molecular formula is C23H16N4O5S. The van der Waals surface area contributed by atoms with Gasteiger partial charge in [-0.1, -0.05) is 18.2 Å². The van der Waals surface area contributed by atoms with Gasteiger partial charge < -0.3 is 10.1 Å². The van der Waals surface area contributed by atoms with Crippen LogP contribution < -0.4 is 15.4 Å². The van der Waals surface area contributed by atoms with Crippen molar-refractivity contribution in [3.05, 3.63) is 106 Å². The van der Waals surface area contributed by atoms with Gasteiger partial charge in [0.25, 0.3) is 17.5 Å². The maximum absolute atomic E-state index is 12.8. The van der Waals surface area contributed by atoms with Crippen LogP contribution in [0.15, 0.2) is 84.4 Å². The lowest BCUT2D eigenvalue weighted by Gasteiger charge is -2.11. The van der Waals surface area contributed by atoms with Crippen LogP contribution in [0.5, 0.6) is 11.5 Å². The molecule has 1 aromatic heterocycles. The zero-order valence-electron chi connectivity index (χ0n) is 16.9. The van der Waals surface area contributed by atoms with Crippen molar-refractivity contribution in [3.63, 3.8) is 0 Å². The average Bonchev–Trinajstić information content (AvgIpc) is 3.33. The highest BCUT2D eigenvalue weighted by Gasteiger charge is 2.15. The van der Waals surface area contributed by atoms with Gasteiger partial charge in [-0.05, 0) is 42.5 Å². The lowest BCUT2D eigenvalue weighted by molar-refractivity contribution is -0.384. The monoisotopic (exact) mass is 460 g/mol. The Balaban J connectivity index is 1.48. The number of amides is 2. The Hall–Kier alpha value is -4.57. The summed E-state index contributed by atoms with van der Waals surface area (Å²) in [6.45, 7) is 0. The molecular weight excluding hydrogens is 444 g/mol. The van der Waals surface area contributed by atoms with Crippen LogP contribution in [0.1, 0.15) is 20.7 Å². The quantitative estimate of drug-likeness (QED) is 0.283. The summed E-state index contributed by atoms with van der Waals surface area (Å²) >= 11 is 1.29. The molecule has 0 spiro atoms. The summed E-state index contributed by atoms with van der Waals surface area (Å²) in [5.41, 5.74) is 0.898. The number of carbonyl (C=O) groups is 2. The highest BCUT2D eigenvalue weighted by molar-refractivity contribution is 7.13. The minimum atomic E-state index is -0.496. The zero-order valence-corrected chi connectivity index (χ0v) is 17.7. The molecule has 2 amide bonds. The third-order valence-electron chi connectivity index (χ3n) is 4.45. The van der Waals surface area contributed by atoms with Crippen molar-refractivity contribution in [1.82, 2.24) is 4.98 Å². The van der Waals surface area contributed by atoms with E-state index in [0.717, 1.165) is 0 Å². The number of rotatable bonds is 7. The fraction of sp³-hybridized carbons (Fsp3) is 0. The van der Waals surface area contributed by atoms with Crippen LogP contribution in [0.2, 0.25) is 0 Å². The second-order valence-electron chi connectivity index (χ2n) is 6.67. The lowest BCUT2D eigenvalue weighted by atomic mass is 10.1. The van der Waals surface area contributed by atoms with Gasteiger partial charge in [0.2, 0.25) is 0 Å². The van der Waals surface area contributed by atoms with Gasteiger partial charge in [0.1, 0.15) is 11.5 Å². The lowest BCUT2D eigenvalue weighted by Crippen LogP contribution is -2.18. The largest absolute Gasteiger partial charge is 0.457 e. The number of aromatic nitrogens is 1. The summed E-state index contributed by atoms with van der Waals surface area (Å²) in [7, 11) is 0. The Morgan fingerprint density at radius 3 is 2.42 bits per heavy atom. The van der Waals surface area contributed by atoms with Crippen LogP contribution in [0, 0.1) is 10.1 Å². The predicted molar refractivity (Wildman–Crippen MR) is 124 cm³/mol. The van der Waals surface area contributed by atoms with Crippen LogP contribution in [-0.4, -0.2) is 21.7 Å². The number of hydrogen-bond donors (Lipinski definition) is 2. The van der Waals surface area contributed by atoms with Crippen molar-refractivity contribution in [1.29, 1.82) is 0 Å². The molecule has 0 saturated heterocycles. The number of nitrogens with zero attached hydrogens (tertiary/aromatic N) is 2. The van der Waals surface area contributed by atoms with E-state index in [9.17, 15) is 19.7 Å². The van der Waals surface area contributed by atoms with E-state index in [1.165, 1.54) is 41.7 Å². The van der Waals surface area contributed by atoms with Crippen molar-refractivity contribution < 1.29 is 19.2 Å². The van der Waals surface area contributed by atoms with Gasteiger partial charge >= 0.3 is 0 Å². The SMILES string of the molecule is O=C(Nc1ccccc1C(=O)Nc1nccs1)c1cccc(Oc2ccc([N+](=O)[O-])cc2)c1. The zero-order chi connectivity index (χ0) is 23.2. The number of anilines is 2. The molecule has 4 rings (SSSR count). The molecule has 0 aliphatic carbocycles. The number of nitrogens with one attached hydrogen (secondary N) is 2. The molecule has 0 unspecified atom stereocenters. The second-order valence-corrected chi connectivity index (χ2v) is 7.57. The molecule has 1 heterocycles. The number of non-ortho nitro benzene ring substituents is 1. The highest BCUT2D eigenvalue weighted by atomic mass is 32.1. The molecule has 9 nitrogen and oxygen atoms in total. The van der Waals surface area contributed by atoms with E-state index in [4.69, 9.17) is 4.74 Å².